The van der Waals surface area contributed by atoms with Crippen molar-refractivity contribution in [1.82, 2.24) is 0 Å². The zero-order chi connectivity index (χ0) is 6.74. The Morgan fingerprint density at radius 3 is 2.11 bits per heavy atom. The molecular weight excluding hydrogens is 115 g/mol. The van der Waals surface area contributed by atoms with Gasteiger partial charge in [0.2, 0.25) is 0 Å². The average molecular weight is 130 g/mol. The average Bonchev–Trinajstić information content (AvgIpc) is 2.36. The van der Waals surface area contributed by atoms with E-state index in [-0.39, 0.29) is 12.1 Å². The molecule has 1 rings (SSSR count). The first kappa shape index (κ1) is 7.04. The van der Waals surface area contributed by atoms with Gasteiger partial charge in [-0.25, -0.2) is 0 Å². The Bertz CT molecular complexity index is 76.6. The fraction of sp³-hybridized carbons (Fsp3) is 1.00. The summed E-state index contributed by atoms with van der Waals surface area (Å²) < 4.78 is 12.4. The van der Waals surface area contributed by atoms with Gasteiger partial charge in [0, 0.05) is 0 Å². The van der Waals surface area contributed by atoms with Crippen LogP contribution in [-0.4, -0.2) is 6.67 Å². The van der Waals surface area contributed by atoms with Crippen molar-refractivity contribution in [3.8, 4) is 0 Å². The molecule has 1 heteroatoms. The van der Waals surface area contributed by atoms with Crippen molar-refractivity contribution in [3.05, 3.63) is 0 Å². The first-order valence-corrected chi connectivity index (χ1v) is 3.89. The highest BCUT2D eigenvalue weighted by molar-refractivity contribution is 4.82. The lowest BCUT2D eigenvalue weighted by Gasteiger charge is -2.22. The second-order valence-corrected chi connectivity index (χ2v) is 3.19. The Balaban J connectivity index is 2.45. The molecular formula is C8H15F. The third-order valence-electron chi connectivity index (χ3n) is 2.70. The number of halogens is 1. The zero-order valence-corrected chi connectivity index (χ0v) is 6.12. The van der Waals surface area contributed by atoms with Gasteiger partial charge < -0.3 is 0 Å². The lowest BCUT2D eigenvalue weighted by molar-refractivity contribution is 0.204. The van der Waals surface area contributed by atoms with Crippen LogP contribution in [0.4, 0.5) is 4.39 Å². The predicted octanol–water partition coefficient (Wildman–Crippen LogP) is 2.93. The molecule has 0 aromatic heterocycles. The number of hydrogen-bond donors (Lipinski definition) is 0. The van der Waals surface area contributed by atoms with Gasteiger partial charge in [0.15, 0.2) is 0 Å². The van der Waals surface area contributed by atoms with E-state index in [1.807, 2.05) is 0 Å². The third-order valence-corrected chi connectivity index (χ3v) is 2.70. The van der Waals surface area contributed by atoms with Gasteiger partial charge in [-0.1, -0.05) is 19.8 Å². The van der Waals surface area contributed by atoms with Crippen molar-refractivity contribution >= 4 is 0 Å². The zero-order valence-electron chi connectivity index (χ0n) is 6.12. The van der Waals surface area contributed by atoms with Gasteiger partial charge in [-0.2, -0.15) is 0 Å². The minimum atomic E-state index is -0.0938. The molecule has 0 nitrogen and oxygen atoms in total. The van der Waals surface area contributed by atoms with Crippen LogP contribution in [-0.2, 0) is 0 Å². The lowest BCUT2D eigenvalue weighted by Crippen LogP contribution is -2.16. The molecule has 0 bridgehead atoms. The molecule has 0 atom stereocenters. The Morgan fingerprint density at radius 1 is 1.33 bits per heavy atom. The monoisotopic (exact) mass is 130 g/mol. The molecule has 1 fully saturated rings. The van der Waals surface area contributed by atoms with Crippen molar-refractivity contribution in [2.75, 3.05) is 6.67 Å². The van der Waals surface area contributed by atoms with Crippen LogP contribution in [0.25, 0.3) is 0 Å². The molecule has 1 aliphatic carbocycles. The van der Waals surface area contributed by atoms with Crippen molar-refractivity contribution in [3.63, 3.8) is 0 Å². The first-order chi connectivity index (χ1) is 4.33. The number of hydrogen-bond acceptors (Lipinski definition) is 0. The summed E-state index contributed by atoms with van der Waals surface area (Å²) in [6.45, 7) is 2.01. The van der Waals surface area contributed by atoms with E-state index < -0.39 is 0 Å². The van der Waals surface area contributed by atoms with E-state index in [1.54, 1.807) is 0 Å². The molecule has 0 aliphatic heterocycles. The molecule has 0 amide bonds. The van der Waals surface area contributed by atoms with Crippen LogP contribution in [0.15, 0.2) is 0 Å². The highest BCUT2D eigenvalue weighted by atomic mass is 19.1. The number of alkyl halides is 1. The van der Waals surface area contributed by atoms with Crippen LogP contribution in [0.3, 0.4) is 0 Å². The first-order valence-electron chi connectivity index (χ1n) is 3.89. The SMILES string of the molecule is CCC1(CF)CCCC1. The van der Waals surface area contributed by atoms with Gasteiger partial charge in [0.05, 0.1) is 6.67 Å². The van der Waals surface area contributed by atoms with E-state index in [1.165, 1.54) is 12.8 Å². The third kappa shape index (κ3) is 1.25. The van der Waals surface area contributed by atoms with Gasteiger partial charge in [0.25, 0.3) is 0 Å². The van der Waals surface area contributed by atoms with E-state index in [4.69, 9.17) is 0 Å². The molecule has 0 spiro atoms. The quantitative estimate of drug-likeness (QED) is 0.539. The Kier molecular flexibility index (Phi) is 2.09. The van der Waals surface area contributed by atoms with Gasteiger partial charge in [0.1, 0.15) is 0 Å². The van der Waals surface area contributed by atoms with Crippen molar-refractivity contribution < 1.29 is 4.39 Å². The molecule has 1 saturated carbocycles. The molecule has 0 N–H and O–H groups in total. The number of rotatable bonds is 2. The van der Waals surface area contributed by atoms with E-state index >= 15 is 0 Å². The molecule has 0 aromatic rings. The Hall–Kier alpha value is -0.0700. The fourth-order valence-corrected chi connectivity index (χ4v) is 1.71. The molecule has 0 unspecified atom stereocenters. The summed E-state index contributed by atoms with van der Waals surface area (Å²) in [4.78, 5) is 0. The normalized spacial score (nSPS) is 24.7. The molecule has 0 aromatic carbocycles. The van der Waals surface area contributed by atoms with E-state index in [0.717, 1.165) is 19.3 Å². The van der Waals surface area contributed by atoms with Gasteiger partial charge in [-0.15, -0.1) is 0 Å². The van der Waals surface area contributed by atoms with Crippen molar-refractivity contribution in [2.24, 2.45) is 5.41 Å². The van der Waals surface area contributed by atoms with Crippen LogP contribution < -0.4 is 0 Å². The van der Waals surface area contributed by atoms with Gasteiger partial charge >= 0.3 is 0 Å². The molecule has 54 valence electrons. The summed E-state index contributed by atoms with van der Waals surface area (Å²) in [5, 5.41) is 0. The second kappa shape index (κ2) is 2.68. The maximum Gasteiger partial charge on any atom is 0.0950 e. The van der Waals surface area contributed by atoms with E-state index in [2.05, 4.69) is 6.92 Å². The van der Waals surface area contributed by atoms with E-state index in [9.17, 15) is 4.39 Å². The maximum atomic E-state index is 12.4. The minimum Gasteiger partial charge on any atom is -0.250 e. The summed E-state index contributed by atoms with van der Waals surface area (Å²) >= 11 is 0. The Morgan fingerprint density at radius 2 is 1.89 bits per heavy atom. The Labute approximate surface area is 56.5 Å². The molecule has 0 heterocycles. The van der Waals surface area contributed by atoms with Crippen LogP contribution in [0.2, 0.25) is 0 Å². The standard InChI is InChI=1S/C8H15F/c1-2-8(7-9)5-3-4-6-8/h2-7H2,1H3. The minimum absolute atomic E-state index is 0.0938. The van der Waals surface area contributed by atoms with Crippen LogP contribution in [0.1, 0.15) is 39.0 Å². The summed E-state index contributed by atoms with van der Waals surface area (Å²) in [6.07, 6.45) is 5.78. The fourth-order valence-electron chi connectivity index (χ4n) is 1.71. The smallest absolute Gasteiger partial charge is 0.0950 e. The molecule has 9 heavy (non-hydrogen) atoms. The molecule has 0 saturated heterocycles. The molecule has 1 aliphatic rings. The topological polar surface area (TPSA) is 0 Å². The van der Waals surface area contributed by atoms with E-state index in [0.29, 0.717) is 0 Å². The second-order valence-electron chi connectivity index (χ2n) is 3.19. The van der Waals surface area contributed by atoms with Crippen LogP contribution in [0, 0.1) is 5.41 Å². The van der Waals surface area contributed by atoms with Crippen molar-refractivity contribution in [1.29, 1.82) is 0 Å². The summed E-state index contributed by atoms with van der Waals surface area (Å²) in [7, 11) is 0. The van der Waals surface area contributed by atoms with Crippen LogP contribution >= 0.6 is 0 Å². The van der Waals surface area contributed by atoms with Gasteiger partial charge in [-0.3, -0.25) is 4.39 Å². The highest BCUT2D eigenvalue weighted by Gasteiger charge is 2.31. The summed E-state index contributed by atoms with van der Waals surface area (Å²) in [6, 6.07) is 0. The maximum absolute atomic E-state index is 12.4. The summed E-state index contributed by atoms with van der Waals surface area (Å²) in [5.74, 6) is 0. The predicted molar refractivity (Wildman–Crippen MR) is 37.2 cm³/mol. The lowest BCUT2D eigenvalue weighted by atomic mass is 9.85. The van der Waals surface area contributed by atoms with Gasteiger partial charge in [-0.05, 0) is 24.7 Å². The van der Waals surface area contributed by atoms with Crippen molar-refractivity contribution in [2.45, 2.75) is 39.0 Å². The largest absolute Gasteiger partial charge is 0.250 e. The molecule has 0 radical (unpaired) electrons. The highest BCUT2D eigenvalue weighted by Crippen LogP contribution is 2.40. The summed E-state index contributed by atoms with van der Waals surface area (Å²) in [5.41, 5.74) is 0.111. The van der Waals surface area contributed by atoms with Crippen LogP contribution in [0.5, 0.6) is 0 Å².